The molecule has 5 heteroatoms. The number of nitrogens with zero attached hydrogens (tertiary/aromatic N) is 1. The Labute approximate surface area is 112 Å². The molecule has 0 aromatic carbocycles. The molecule has 1 heterocycles. The minimum atomic E-state index is -0.530. The lowest BCUT2D eigenvalue weighted by molar-refractivity contribution is -0.132. The second kappa shape index (κ2) is 4.41. The Balaban J connectivity index is 1.74. The molecule has 0 unspecified atom stereocenters. The fraction of sp³-hybridized carbons (Fsp3) is 0.846. The number of hydrogen-bond acceptors (Lipinski definition) is 2. The van der Waals surface area contributed by atoms with Gasteiger partial charge >= 0.3 is 6.03 Å². The van der Waals surface area contributed by atoms with Crippen LogP contribution in [-0.2, 0) is 4.79 Å². The van der Waals surface area contributed by atoms with Gasteiger partial charge in [0.2, 0.25) is 0 Å². The van der Waals surface area contributed by atoms with Crippen molar-refractivity contribution in [2.45, 2.75) is 44.1 Å². The van der Waals surface area contributed by atoms with E-state index in [0.29, 0.717) is 24.3 Å². The fourth-order valence-corrected chi connectivity index (χ4v) is 3.33. The van der Waals surface area contributed by atoms with Crippen molar-refractivity contribution in [1.82, 2.24) is 10.2 Å². The summed E-state index contributed by atoms with van der Waals surface area (Å²) in [6.07, 6.45) is 5.97. The van der Waals surface area contributed by atoms with Crippen LogP contribution in [0.2, 0.25) is 0 Å². The molecule has 0 bridgehead atoms. The van der Waals surface area contributed by atoms with Gasteiger partial charge < -0.3 is 5.32 Å². The van der Waals surface area contributed by atoms with E-state index in [1.165, 1.54) is 4.90 Å². The summed E-state index contributed by atoms with van der Waals surface area (Å²) in [4.78, 5) is 26.0. The average molecular weight is 271 g/mol. The van der Waals surface area contributed by atoms with Crippen molar-refractivity contribution in [2.75, 3.05) is 12.4 Å². The van der Waals surface area contributed by atoms with E-state index in [1.807, 2.05) is 0 Å². The summed E-state index contributed by atoms with van der Waals surface area (Å²) in [6, 6.07) is -0.187. The van der Waals surface area contributed by atoms with Crippen LogP contribution in [0.1, 0.15) is 38.5 Å². The maximum absolute atomic E-state index is 12.6. The lowest BCUT2D eigenvalue weighted by Gasteiger charge is -2.26. The number of carbonyl (C=O) groups is 2. The number of carbonyl (C=O) groups excluding carboxylic acids is 2. The number of nitrogens with one attached hydrogen (secondary N) is 1. The van der Waals surface area contributed by atoms with Crippen molar-refractivity contribution in [2.24, 2.45) is 11.8 Å². The van der Waals surface area contributed by atoms with Gasteiger partial charge in [-0.15, -0.1) is 11.6 Å². The molecule has 3 amide bonds. The molecule has 0 aromatic heterocycles. The Hall–Kier alpha value is -0.770. The minimum absolute atomic E-state index is 0.0343. The summed E-state index contributed by atoms with van der Waals surface area (Å²) >= 11 is 5.63. The molecule has 1 N–H and O–H groups in total. The Morgan fingerprint density at radius 2 is 1.78 bits per heavy atom. The normalized spacial score (nSPS) is 26.6. The number of urea groups is 1. The Morgan fingerprint density at radius 1 is 1.17 bits per heavy atom. The molecule has 1 aliphatic heterocycles. The molecule has 18 heavy (non-hydrogen) atoms. The molecule has 1 saturated heterocycles. The summed E-state index contributed by atoms with van der Waals surface area (Å²) in [6.45, 7) is 0.512. The molecular formula is C13H19ClN2O2. The summed E-state index contributed by atoms with van der Waals surface area (Å²) < 4.78 is 0. The first-order valence-corrected chi connectivity index (χ1v) is 7.43. The lowest BCUT2D eigenvalue weighted by atomic mass is 9.87. The molecule has 4 nitrogen and oxygen atoms in total. The largest absolute Gasteiger partial charge is 0.325 e. The zero-order valence-electron chi connectivity index (χ0n) is 10.5. The molecule has 3 rings (SSSR count). The number of halogens is 1. The predicted molar refractivity (Wildman–Crippen MR) is 68.4 cm³/mol. The molecule has 100 valence electrons. The van der Waals surface area contributed by atoms with Crippen LogP contribution in [0.25, 0.3) is 0 Å². The molecule has 3 fully saturated rings. The molecule has 2 aliphatic carbocycles. The summed E-state index contributed by atoms with van der Waals surface area (Å²) in [7, 11) is 0. The molecule has 3 aliphatic rings. The van der Waals surface area contributed by atoms with Gasteiger partial charge in [0.1, 0.15) is 5.54 Å². The lowest BCUT2D eigenvalue weighted by Crippen LogP contribution is -2.51. The second-order valence-corrected chi connectivity index (χ2v) is 6.08. The topological polar surface area (TPSA) is 49.4 Å². The van der Waals surface area contributed by atoms with Crippen molar-refractivity contribution in [3.05, 3.63) is 0 Å². The standard InChI is InChI=1S/C13H19ClN2O2/c14-7-1-2-8-16-11(17)13(9-3-4-9,10-5-6-10)15-12(16)18/h9-10H,1-8H2,(H,15,18). The Kier molecular flexibility index (Phi) is 3.00. The summed E-state index contributed by atoms with van der Waals surface area (Å²) in [5.74, 6) is 1.39. The van der Waals surface area contributed by atoms with Gasteiger partial charge in [-0.3, -0.25) is 9.69 Å². The van der Waals surface area contributed by atoms with Crippen LogP contribution in [0.5, 0.6) is 0 Å². The van der Waals surface area contributed by atoms with E-state index in [0.717, 1.165) is 38.5 Å². The summed E-state index contributed by atoms with van der Waals surface area (Å²) in [5, 5.41) is 3.02. The highest BCUT2D eigenvalue weighted by atomic mass is 35.5. The van der Waals surface area contributed by atoms with Crippen LogP contribution in [0, 0.1) is 11.8 Å². The van der Waals surface area contributed by atoms with Crippen molar-refractivity contribution >= 4 is 23.5 Å². The maximum Gasteiger partial charge on any atom is 0.325 e. The predicted octanol–water partition coefficient (Wildman–Crippen LogP) is 2.12. The van der Waals surface area contributed by atoms with E-state index in [2.05, 4.69) is 5.32 Å². The second-order valence-electron chi connectivity index (χ2n) is 5.70. The van der Waals surface area contributed by atoms with Gasteiger partial charge in [0.15, 0.2) is 0 Å². The smallest absolute Gasteiger partial charge is 0.323 e. The van der Waals surface area contributed by atoms with Crippen LogP contribution in [0.3, 0.4) is 0 Å². The van der Waals surface area contributed by atoms with Gasteiger partial charge in [-0.05, 0) is 50.4 Å². The van der Waals surface area contributed by atoms with Gasteiger partial charge in [0, 0.05) is 12.4 Å². The average Bonchev–Trinajstić information content (AvgIpc) is 3.23. The number of amides is 3. The van der Waals surface area contributed by atoms with Crippen LogP contribution in [0.4, 0.5) is 4.79 Å². The number of imide groups is 1. The van der Waals surface area contributed by atoms with Gasteiger partial charge in [0.05, 0.1) is 0 Å². The third-order valence-corrected chi connectivity index (χ3v) is 4.63. The highest BCUT2D eigenvalue weighted by molar-refractivity contribution is 6.17. The van der Waals surface area contributed by atoms with Crippen molar-refractivity contribution in [3.63, 3.8) is 0 Å². The van der Waals surface area contributed by atoms with Crippen LogP contribution in [-0.4, -0.2) is 34.8 Å². The maximum atomic E-state index is 12.6. The molecule has 2 saturated carbocycles. The number of unbranched alkanes of at least 4 members (excludes halogenated alkanes) is 1. The molecule has 0 spiro atoms. The van der Waals surface area contributed by atoms with Gasteiger partial charge in [-0.25, -0.2) is 4.79 Å². The minimum Gasteiger partial charge on any atom is -0.323 e. The van der Waals surface area contributed by atoms with Crippen LogP contribution < -0.4 is 5.32 Å². The monoisotopic (exact) mass is 270 g/mol. The third-order valence-electron chi connectivity index (χ3n) is 4.37. The van der Waals surface area contributed by atoms with Crippen LogP contribution >= 0.6 is 11.6 Å². The van der Waals surface area contributed by atoms with Crippen molar-refractivity contribution in [3.8, 4) is 0 Å². The highest BCUT2D eigenvalue weighted by Gasteiger charge is 2.65. The zero-order chi connectivity index (χ0) is 12.8. The first kappa shape index (κ1) is 12.3. The van der Waals surface area contributed by atoms with Gasteiger partial charge in [-0.1, -0.05) is 0 Å². The van der Waals surface area contributed by atoms with Crippen molar-refractivity contribution in [1.29, 1.82) is 0 Å². The third kappa shape index (κ3) is 1.81. The van der Waals surface area contributed by atoms with E-state index in [1.54, 1.807) is 0 Å². The SMILES string of the molecule is O=C1NC(C2CC2)(C2CC2)C(=O)N1CCCCCl. The highest BCUT2D eigenvalue weighted by Crippen LogP contribution is 2.54. The number of rotatable bonds is 6. The van der Waals surface area contributed by atoms with Crippen LogP contribution in [0.15, 0.2) is 0 Å². The quantitative estimate of drug-likeness (QED) is 0.457. The molecular weight excluding hydrogens is 252 g/mol. The van der Waals surface area contributed by atoms with Gasteiger partial charge in [-0.2, -0.15) is 0 Å². The summed E-state index contributed by atoms with van der Waals surface area (Å²) in [5.41, 5.74) is -0.530. The van der Waals surface area contributed by atoms with E-state index in [4.69, 9.17) is 11.6 Å². The van der Waals surface area contributed by atoms with E-state index in [-0.39, 0.29) is 11.9 Å². The number of alkyl halides is 1. The number of hydrogen-bond donors (Lipinski definition) is 1. The zero-order valence-corrected chi connectivity index (χ0v) is 11.2. The molecule has 0 radical (unpaired) electrons. The first-order valence-electron chi connectivity index (χ1n) is 6.90. The Morgan fingerprint density at radius 3 is 2.28 bits per heavy atom. The first-order chi connectivity index (χ1) is 8.70. The van der Waals surface area contributed by atoms with Gasteiger partial charge in [0.25, 0.3) is 5.91 Å². The fourth-order valence-electron chi connectivity index (χ4n) is 3.14. The van der Waals surface area contributed by atoms with E-state index >= 15 is 0 Å². The van der Waals surface area contributed by atoms with Crippen molar-refractivity contribution < 1.29 is 9.59 Å². The molecule has 0 atom stereocenters. The van der Waals surface area contributed by atoms with E-state index < -0.39 is 5.54 Å². The van der Waals surface area contributed by atoms with E-state index in [9.17, 15) is 9.59 Å². The molecule has 0 aromatic rings. The Bertz CT molecular complexity index is 365.